The zero-order chi connectivity index (χ0) is 49.2. The van der Waals surface area contributed by atoms with Gasteiger partial charge in [0.05, 0.1) is 62.1 Å². The highest BCUT2D eigenvalue weighted by Gasteiger charge is 2.28. The van der Waals surface area contributed by atoms with Crippen LogP contribution in [-0.2, 0) is 32.5 Å². The van der Waals surface area contributed by atoms with Crippen molar-refractivity contribution in [2.45, 2.75) is 38.8 Å². The summed E-state index contributed by atoms with van der Waals surface area (Å²) in [6.45, 7) is 4.21. The van der Waals surface area contributed by atoms with Gasteiger partial charge in [0.1, 0.15) is 25.5 Å². The van der Waals surface area contributed by atoms with E-state index in [2.05, 4.69) is 15.0 Å². The monoisotopic (exact) mass is 978 g/mol. The molecule has 2 atom stereocenters. The molecule has 4 aromatic heterocycles. The van der Waals surface area contributed by atoms with Crippen molar-refractivity contribution < 1.29 is 40.2 Å². The first-order chi connectivity index (χ1) is 33.0. The van der Waals surface area contributed by atoms with Crippen molar-refractivity contribution in [2.24, 2.45) is 0 Å². The lowest BCUT2D eigenvalue weighted by atomic mass is 9.99. The van der Waals surface area contributed by atoms with Gasteiger partial charge in [-0.3, -0.25) is 9.13 Å². The van der Waals surface area contributed by atoms with Crippen molar-refractivity contribution in [2.75, 3.05) is 51.5 Å². The first kappa shape index (κ1) is 48.2. The molecule has 19 heteroatoms. The van der Waals surface area contributed by atoms with Crippen LogP contribution in [0.25, 0.3) is 33.5 Å². The molecule has 0 radical (unpaired) electrons. The summed E-state index contributed by atoms with van der Waals surface area (Å²) in [5.41, 5.74) is 5.44. The molecule has 0 aliphatic heterocycles. The zero-order valence-electron chi connectivity index (χ0n) is 38.8. The van der Waals surface area contributed by atoms with Crippen molar-refractivity contribution in [1.29, 1.82) is 0 Å². The van der Waals surface area contributed by atoms with Crippen LogP contribution < -0.4 is 30.3 Å². The maximum atomic E-state index is 14.7. The topological polar surface area (TPSA) is 207 Å². The van der Waals surface area contributed by atoms with Crippen molar-refractivity contribution in [3.63, 3.8) is 0 Å². The summed E-state index contributed by atoms with van der Waals surface area (Å²) in [6, 6.07) is 23.9. The Morgan fingerprint density at radius 2 is 1.28 bits per heavy atom. The lowest BCUT2D eigenvalue weighted by molar-refractivity contribution is 0.297. The number of ether oxygens (including phenoxy) is 4. The Kier molecular flexibility index (Phi) is 13.8. The third kappa shape index (κ3) is 10.4. The van der Waals surface area contributed by atoms with E-state index < -0.39 is 54.7 Å². The third-order valence-corrected chi connectivity index (χ3v) is 13.8. The van der Waals surface area contributed by atoms with Crippen molar-refractivity contribution >= 4 is 42.0 Å². The fourth-order valence-electron chi connectivity index (χ4n) is 8.69. The van der Waals surface area contributed by atoms with Gasteiger partial charge in [-0.05, 0) is 89.2 Å². The SMILES string of the molecule is CCOc1cc(C(CS(C)(=O)=O)n2c(=O)[nH]c3c(C)c(-c4cccc(CCOc5cc(C(CS(C)(=O)=O)n6c(=O)[nH]c7c(Cc8ccccc8F)ccnc76)ccc5OC)c4)cnc32)ccc1OC. The van der Waals surface area contributed by atoms with E-state index in [1.54, 1.807) is 66.9 Å². The van der Waals surface area contributed by atoms with Crippen LogP contribution in [0.3, 0.4) is 0 Å². The van der Waals surface area contributed by atoms with Gasteiger partial charge in [0.15, 0.2) is 34.3 Å². The lowest BCUT2D eigenvalue weighted by Crippen LogP contribution is -2.28. The molecule has 0 amide bonds. The number of rotatable bonds is 19. The van der Waals surface area contributed by atoms with Crippen LogP contribution in [0.15, 0.2) is 113 Å². The van der Waals surface area contributed by atoms with E-state index >= 15 is 0 Å². The number of fused-ring (bicyclic) bond motifs is 2. The Labute approximate surface area is 397 Å². The second kappa shape index (κ2) is 19.8. The van der Waals surface area contributed by atoms with Gasteiger partial charge in [-0.2, -0.15) is 0 Å². The lowest BCUT2D eigenvalue weighted by Gasteiger charge is -2.20. The van der Waals surface area contributed by atoms with E-state index in [0.29, 0.717) is 75.0 Å². The first-order valence-electron chi connectivity index (χ1n) is 21.9. The largest absolute Gasteiger partial charge is 0.493 e. The highest BCUT2D eigenvalue weighted by atomic mass is 32.2. The number of halogens is 1. The molecule has 360 valence electrons. The maximum absolute atomic E-state index is 14.7. The molecular formula is C50H51FN6O10S2. The number of pyridine rings is 2. The van der Waals surface area contributed by atoms with E-state index in [9.17, 15) is 30.8 Å². The predicted octanol–water partition coefficient (Wildman–Crippen LogP) is 6.77. The molecule has 0 fully saturated rings. The van der Waals surface area contributed by atoms with E-state index in [4.69, 9.17) is 23.9 Å². The first-order valence-corrected chi connectivity index (χ1v) is 26.1. The van der Waals surface area contributed by atoms with Crippen LogP contribution in [0.5, 0.6) is 23.0 Å². The number of aromatic nitrogens is 6. The van der Waals surface area contributed by atoms with Crippen LogP contribution >= 0.6 is 0 Å². The Hall–Kier alpha value is -7.25. The molecule has 0 saturated carbocycles. The van der Waals surface area contributed by atoms with Crippen LogP contribution in [-0.4, -0.2) is 97.4 Å². The highest BCUT2D eigenvalue weighted by molar-refractivity contribution is 7.90. The minimum atomic E-state index is -3.68. The fraction of sp³-hybridized carbons (Fsp3) is 0.280. The number of methoxy groups -OCH3 is 2. The predicted molar refractivity (Wildman–Crippen MR) is 262 cm³/mol. The highest BCUT2D eigenvalue weighted by Crippen LogP contribution is 2.36. The number of hydrogen-bond donors (Lipinski definition) is 2. The van der Waals surface area contributed by atoms with Crippen molar-refractivity contribution in [3.05, 3.63) is 164 Å². The minimum absolute atomic E-state index is 0.171. The van der Waals surface area contributed by atoms with Crippen molar-refractivity contribution in [3.8, 4) is 34.1 Å². The van der Waals surface area contributed by atoms with Crippen molar-refractivity contribution in [1.82, 2.24) is 29.1 Å². The number of imidazole rings is 2. The summed E-state index contributed by atoms with van der Waals surface area (Å²) in [5, 5.41) is 0. The van der Waals surface area contributed by atoms with Gasteiger partial charge in [-0.1, -0.05) is 54.6 Å². The van der Waals surface area contributed by atoms with Crippen LogP contribution in [0, 0.1) is 12.7 Å². The molecule has 0 aliphatic rings. The summed E-state index contributed by atoms with van der Waals surface area (Å²) in [5.74, 6) is 0.395. The molecule has 16 nitrogen and oxygen atoms in total. The fourth-order valence-corrected chi connectivity index (χ4v) is 10.5. The molecule has 0 spiro atoms. The smallest absolute Gasteiger partial charge is 0.328 e. The standard InChI is InChI=1S/C50H51FN6O10S2/c1-7-66-43-25-34(15-17-41(43)64-3)39(28-68(5,60)61)56-47-45(54-49(56)58)30(2)37(27-53-47)32-13-10-11-31(23-32)20-22-67-44-26-35(16-18-42(44)65-4)40(29-69(6,62)63)57-48-46(55-50(57)59)36(19-21-52-48)24-33-12-8-9-14-38(33)51/h8-19,21,23,25-27,39-40H,7,20,22,24,28-29H2,1-6H3,(H,54,58)(H,55,59). The number of nitrogens with one attached hydrogen (secondary N) is 2. The molecule has 4 heterocycles. The number of aromatic amines is 2. The van der Waals surface area contributed by atoms with E-state index in [1.807, 2.05) is 38.1 Å². The molecule has 4 aromatic carbocycles. The zero-order valence-corrected chi connectivity index (χ0v) is 40.4. The van der Waals surface area contributed by atoms with Crippen LogP contribution in [0.1, 0.15) is 52.4 Å². The number of nitrogens with zero attached hydrogens (tertiary/aromatic N) is 4. The minimum Gasteiger partial charge on any atom is -0.493 e. The molecule has 69 heavy (non-hydrogen) atoms. The molecule has 8 aromatic rings. The molecule has 0 bridgehead atoms. The Morgan fingerprint density at radius 3 is 1.87 bits per heavy atom. The van der Waals surface area contributed by atoms with E-state index in [-0.39, 0.29) is 24.4 Å². The van der Waals surface area contributed by atoms with Gasteiger partial charge >= 0.3 is 11.4 Å². The van der Waals surface area contributed by atoms with E-state index in [1.165, 1.54) is 35.6 Å². The summed E-state index contributed by atoms with van der Waals surface area (Å²) in [4.78, 5) is 42.5. The van der Waals surface area contributed by atoms with Crippen LogP contribution in [0.2, 0.25) is 0 Å². The summed E-state index contributed by atoms with van der Waals surface area (Å²) in [7, 11) is -4.28. The average Bonchev–Trinajstić information content (AvgIpc) is 3.83. The van der Waals surface area contributed by atoms with Gasteiger partial charge in [0.2, 0.25) is 0 Å². The number of sulfone groups is 2. The van der Waals surface area contributed by atoms with Crippen LogP contribution in [0.4, 0.5) is 4.39 Å². The van der Waals surface area contributed by atoms with Gasteiger partial charge < -0.3 is 28.9 Å². The number of H-pyrrole nitrogens is 2. The van der Waals surface area contributed by atoms with Gasteiger partial charge in [-0.25, -0.2) is 40.8 Å². The second-order valence-corrected chi connectivity index (χ2v) is 21.2. The summed E-state index contributed by atoms with van der Waals surface area (Å²) in [6.07, 6.45) is 5.99. The normalized spacial score (nSPS) is 12.9. The number of aryl methyl sites for hydroxylation is 1. The Balaban J connectivity index is 1.06. The van der Waals surface area contributed by atoms with Gasteiger partial charge in [0.25, 0.3) is 0 Å². The quantitative estimate of drug-likeness (QED) is 0.0861. The Morgan fingerprint density at radius 1 is 0.681 bits per heavy atom. The molecule has 0 saturated heterocycles. The molecule has 0 aliphatic carbocycles. The van der Waals surface area contributed by atoms with Gasteiger partial charge in [-0.15, -0.1) is 0 Å². The third-order valence-electron chi connectivity index (χ3n) is 11.9. The van der Waals surface area contributed by atoms with Gasteiger partial charge in [0, 0.05) is 43.3 Å². The number of benzene rings is 4. The molecular weight excluding hydrogens is 928 g/mol. The summed E-state index contributed by atoms with van der Waals surface area (Å²) < 4.78 is 92.0. The number of hydrogen-bond acceptors (Lipinski definition) is 12. The summed E-state index contributed by atoms with van der Waals surface area (Å²) >= 11 is 0. The maximum Gasteiger partial charge on any atom is 0.328 e. The average molecular weight is 979 g/mol. The molecule has 8 rings (SSSR count). The van der Waals surface area contributed by atoms with E-state index in [0.717, 1.165) is 34.8 Å². The Bertz CT molecular complexity index is 3570. The second-order valence-electron chi connectivity index (χ2n) is 16.8. The molecule has 2 unspecified atom stereocenters. The molecule has 2 N–H and O–H groups in total.